The van der Waals surface area contributed by atoms with Crippen LogP contribution < -0.4 is 10.1 Å². The normalized spacial score (nSPS) is 16.5. The van der Waals surface area contributed by atoms with Crippen LogP contribution in [0.5, 0.6) is 11.5 Å². The Hall–Kier alpha value is -0.680. The Morgan fingerprint density at radius 1 is 1.29 bits per heavy atom. The molecule has 1 aliphatic heterocycles. The van der Waals surface area contributed by atoms with E-state index in [9.17, 15) is 5.11 Å². The van der Waals surface area contributed by atoms with E-state index in [0.29, 0.717) is 6.04 Å². The average molecular weight is 337 g/mol. The summed E-state index contributed by atoms with van der Waals surface area (Å²) >= 11 is 0. The quantitative estimate of drug-likeness (QED) is 0.867. The SMILES string of the molecule is CCC[C@@H](c1ccc(O)cc1OC)N1CCNCC1.Cl.Cl. The van der Waals surface area contributed by atoms with E-state index in [2.05, 4.69) is 17.1 Å². The number of piperazine rings is 1. The molecule has 1 fully saturated rings. The number of methoxy groups -OCH3 is 1. The number of phenols is 1. The highest BCUT2D eigenvalue weighted by atomic mass is 35.5. The second-order valence-corrected chi connectivity index (χ2v) is 5.02. The van der Waals surface area contributed by atoms with E-state index in [1.54, 1.807) is 19.2 Å². The van der Waals surface area contributed by atoms with E-state index in [4.69, 9.17) is 4.74 Å². The number of ether oxygens (including phenoxy) is 1. The van der Waals surface area contributed by atoms with Crippen molar-refractivity contribution in [1.29, 1.82) is 0 Å². The minimum atomic E-state index is 0. The molecule has 0 aliphatic carbocycles. The van der Waals surface area contributed by atoms with Gasteiger partial charge in [-0.15, -0.1) is 24.8 Å². The molecular formula is C15H26Cl2N2O2. The third-order valence-corrected chi connectivity index (χ3v) is 3.73. The molecule has 0 spiro atoms. The molecule has 0 bridgehead atoms. The third kappa shape index (κ3) is 5.22. The maximum atomic E-state index is 9.59. The molecule has 6 heteroatoms. The lowest BCUT2D eigenvalue weighted by atomic mass is 9.98. The van der Waals surface area contributed by atoms with Crippen molar-refractivity contribution in [3.8, 4) is 11.5 Å². The molecule has 1 heterocycles. The molecule has 1 aromatic carbocycles. The molecule has 1 aliphatic rings. The number of nitrogens with one attached hydrogen (secondary N) is 1. The van der Waals surface area contributed by atoms with Crippen LogP contribution in [-0.4, -0.2) is 43.3 Å². The monoisotopic (exact) mass is 336 g/mol. The molecule has 4 nitrogen and oxygen atoms in total. The Bertz CT molecular complexity index is 413. The first-order valence-electron chi connectivity index (χ1n) is 7.08. The number of aromatic hydroxyl groups is 1. The smallest absolute Gasteiger partial charge is 0.127 e. The van der Waals surface area contributed by atoms with Gasteiger partial charge < -0.3 is 15.2 Å². The zero-order valence-electron chi connectivity index (χ0n) is 12.7. The van der Waals surface area contributed by atoms with Crippen molar-refractivity contribution in [2.45, 2.75) is 25.8 Å². The van der Waals surface area contributed by atoms with E-state index >= 15 is 0 Å². The number of rotatable bonds is 5. The Kier molecular flexibility index (Phi) is 9.79. The van der Waals surface area contributed by atoms with Gasteiger partial charge in [0.25, 0.3) is 0 Å². The molecule has 0 saturated carbocycles. The maximum absolute atomic E-state index is 9.59. The first kappa shape index (κ1) is 20.3. The van der Waals surface area contributed by atoms with Crippen molar-refractivity contribution < 1.29 is 9.84 Å². The molecule has 2 N–H and O–H groups in total. The fraction of sp³-hybridized carbons (Fsp3) is 0.600. The molecule has 1 saturated heterocycles. The van der Waals surface area contributed by atoms with E-state index in [0.717, 1.165) is 44.8 Å². The van der Waals surface area contributed by atoms with Gasteiger partial charge in [0.1, 0.15) is 11.5 Å². The van der Waals surface area contributed by atoms with Gasteiger partial charge in [-0.3, -0.25) is 4.90 Å². The number of benzene rings is 1. The Labute approximate surface area is 139 Å². The van der Waals surface area contributed by atoms with Crippen LogP contribution in [0.15, 0.2) is 18.2 Å². The number of hydrogen-bond acceptors (Lipinski definition) is 4. The van der Waals surface area contributed by atoms with Gasteiger partial charge in [-0.2, -0.15) is 0 Å². The standard InChI is InChI=1S/C15H24N2O2.2ClH/c1-3-4-14(17-9-7-16-8-10-17)13-6-5-12(18)11-15(13)19-2;;/h5-6,11,14,16,18H,3-4,7-10H2,1-2H3;2*1H/t14-;;/m0../s1. The Morgan fingerprint density at radius 2 is 1.95 bits per heavy atom. The minimum Gasteiger partial charge on any atom is -0.508 e. The summed E-state index contributed by atoms with van der Waals surface area (Å²) in [6.07, 6.45) is 2.25. The van der Waals surface area contributed by atoms with E-state index in [-0.39, 0.29) is 30.6 Å². The second-order valence-electron chi connectivity index (χ2n) is 5.02. The summed E-state index contributed by atoms with van der Waals surface area (Å²) in [7, 11) is 1.67. The van der Waals surface area contributed by atoms with Gasteiger partial charge in [0.2, 0.25) is 0 Å². The van der Waals surface area contributed by atoms with Crippen molar-refractivity contribution in [3.05, 3.63) is 23.8 Å². The molecule has 0 amide bonds. The van der Waals surface area contributed by atoms with Crippen molar-refractivity contribution in [2.24, 2.45) is 0 Å². The highest BCUT2D eigenvalue weighted by molar-refractivity contribution is 5.85. The molecule has 0 unspecified atom stereocenters. The predicted molar refractivity (Wildman–Crippen MR) is 91.2 cm³/mol. The molecule has 2 rings (SSSR count). The van der Waals surface area contributed by atoms with Crippen LogP contribution in [0.1, 0.15) is 31.4 Å². The maximum Gasteiger partial charge on any atom is 0.127 e. The summed E-state index contributed by atoms with van der Waals surface area (Å²) in [4.78, 5) is 2.51. The highest BCUT2D eigenvalue weighted by Crippen LogP contribution is 2.35. The predicted octanol–water partition coefficient (Wildman–Crippen LogP) is 2.99. The molecule has 0 radical (unpaired) electrons. The van der Waals surface area contributed by atoms with Crippen LogP contribution >= 0.6 is 24.8 Å². The third-order valence-electron chi connectivity index (χ3n) is 3.73. The lowest BCUT2D eigenvalue weighted by Gasteiger charge is -2.35. The highest BCUT2D eigenvalue weighted by Gasteiger charge is 2.24. The van der Waals surface area contributed by atoms with E-state index in [1.165, 1.54) is 5.56 Å². The van der Waals surface area contributed by atoms with Gasteiger partial charge in [-0.1, -0.05) is 19.4 Å². The van der Waals surface area contributed by atoms with Gasteiger partial charge >= 0.3 is 0 Å². The van der Waals surface area contributed by atoms with Gasteiger partial charge in [0, 0.05) is 43.9 Å². The van der Waals surface area contributed by atoms with Gasteiger partial charge in [-0.05, 0) is 12.5 Å². The van der Waals surface area contributed by atoms with Gasteiger partial charge in [0.05, 0.1) is 7.11 Å². The zero-order chi connectivity index (χ0) is 13.7. The first-order valence-corrected chi connectivity index (χ1v) is 7.08. The number of phenolic OH excluding ortho intramolecular Hbond substituents is 1. The van der Waals surface area contributed by atoms with Crippen molar-refractivity contribution in [2.75, 3.05) is 33.3 Å². The van der Waals surface area contributed by atoms with Crippen molar-refractivity contribution in [1.82, 2.24) is 10.2 Å². The molecule has 21 heavy (non-hydrogen) atoms. The summed E-state index contributed by atoms with van der Waals surface area (Å²) in [5, 5.41) is 13.0. The van der Waals surface area contributed by atoms with Crippen molar-refractivity contribution >= 4 is 24.8 Å². The lowest BCUT2D eigenvalue weighted by Crippen LogP contribution is -2.45. The summed E-state index contributed by atoms with van der Waals surface area (Å²) < 4.78 is 5.44. The number of halogens is 2. The molecule has 1 aromatic rings. The van der Waals surface area contributed by atoms with Crippen LogP contribution in [0.2, 0.25) is 0 Å². The topological polar surface area (TPSA) is 44.7 Å². The van der Waals surface area contributed by atoms with Crippen LogP contribution in [-0.2, 0) is 0 Å². The van der Waals surface area contributed by atoms with Gasteiger partial charge in [-0.25, -0.2) is 0 Å². The summed E-state index contributed by atoms with van der Waals surface area (Å²) in [5.41, 5.74) is 1.18. The second kappa shape index (κ2) is 10.1. The van der Waals surface area contributed by atoms with E-state index in [1.807, 2.05) is 6.07 Å². The summed E-state index contributed by atoms with van der Waals surface area (Å²) in [6, 6.07) is 5.84. The fourth-order valence-electron chi connectivity index (χ4n) is 2.78. The minimum absolute atomic E-state index is 0. The number of nitrogens with zero attached hydrogens (tertiary/aromatic N) is 1. The molecule has 122 valence electrons. The van der Waals surface area contributed by atoms with Crippen LogP contribution in [0.25, 0.3) is 0 Å². The average Bonchev–Trinajstić information content (AvgIpc) is 2.46. The summed E-state index contributed by atoms with van der Waals surface area (Å²) in [6.45, 7) is 6.42. The van der Waals surface area contributed by atoms with Crippen molar-refractivity contribution in [3.63, 3.8) is 0 Å². The molecular weight excluding hydrogens is 311 g/mol. The number of hydrogen-bond donors (Lipinski definition) is 2. The Morgan fingerprint density at radius 3 is 2.52 bits per heavy atom. The largest absolute Gasteiger partial charge is 0.508 e. The first-order chi connectivity index (χ1) is 9.26. The van der Waals surface area contributed by atoms with Crippen LogP contribution in [0.3, 0.4) is 0 Å². The molecule has 1 atom stereocenters. The lowest BCUT2D eigenvalue weighted by molar-refractivity contribution is 0.162. The van der Waals surface area contributed by atoms with E-state index < -0.39 is 0 Å². The fourth-order valence-corrected chi connectivity index (χ4v) is 2.78. The zero-order valence-corrected chi connectivity index (χ0v) is 14.3. The van der Waals surface area contributed by atoms with Crippen LogP contribution in [0.4, 0.5) is 0 Å². The van der Waals surface area contributed by atoms with Crippen LogP contribution in [0, 0.1) is 0 Å². The summed E-state index contributed by atoms with van der Waals surface area (Å²) in [5.74, 6) is 1.05. The van der Waals surface area contributed by atoms with Gasteiger partial charge in [0.15, 0.2) is 0 Å². The Balaban J connectivity index is 0.00000200. The molecule has 0 aromatic heterocycles.